The second-order valence-electron chi connectivity index (χ2n) is 5.80. The molecule has 1 N–H and O–H groups in total. The fourth-order valence-corrected chi connectivity index (χ4v) is 2.54. The average molecular weight is 392 g/mol. The van der Waals surface area contributed by atoms with E-state index in [1.807, 2.05) is 0 Å². The van der Waals surface area contributed by atoms with Crippen LogP contribution in [0.2, 0.25) is 0 Å². The van der Waals surface area contributed by atoms with Crippen molar-refractivity contribution in [3.8, 4) is 23.3 Å². The van der Waals surface area contributed by atoms with Crippen LogP contribution in [0.15, 0.2) is 48.5 Å². The Kier molecular flexibility index (Phi) is 7.33. The van der Waals surface area contributed by atoms with Gasteiger partial charge in [-0.1, -0.05) is 30.2 Å². The molecule has 1 atom stereocenters. The number of carboxylic acids is 1. The molecule has 0 aliphatic rings. The van der Waals surface area contributed by atoms with E-state index in [1.54, 1.807) is 31.2 Å². The first kappa shape index (κ1) is 21.2. The predicted molar refractivity (Wildman–Crippen MR) is 97.3 cm³/mol. The molecule has 148 valence electrons. The molecule has 0 bridgehead atoms. The van der Waals surface area contributed by atoms with E-state index in [0.29, 0.717) is 5.75 Å². The van der Waals surface area contributed by atoms with Gasteiger partial charge in [0.1, 0.15) is 24.7 Å². The SMILES string of the molecule is CC#CC(CC(=O)O)c1ccc(OCCOc2ccccc2C(F)(F)F)cc1. The zero-order chi connectivity index (χ0) is 20.6. The van der Waals surface area contributed by atoms with Crippen LogP contribution in [0.5, 0.6) is 11.5 Å². The maximum absolute atomic E-state index is 12.9. The standard InChI is InChI=1S/C21H19F3O4/c1-2-5-16(14-20(25)26)15-8-10-17(11-9-15)27-12-13-28-19-7-4-3-6-18(19)21(22,23)24/h3-4,6-11,16H,12-14H2,1H3,(H,25,26). The first-order valence-electron chi connectivity index (χ1n) is 8.47. The summed E-state index contributed by atoms with van der Waals surface area (Å²) in [6, 6.07) is 11.7. The second kappa shape index (κ2) is 9.70. The number of carbonyl (C=O) groups is 1. The van der Waals surface area contributed by atoms with Gasteiger partial charge in [0.05, 0.1) is 17.9 Å². The summed E-state index contributed by atoms with van der Waals surface area (Å²) in [4.78, 5) is 10.9. The molecule has 0 saturated heterocycles. The van der Waals surface area contributed by atoms with Gasteiger partial charge in [-0.05, 0) is 36.8 Å². The number of benzene rings is 2. The summed E-state index contributed by atoms with van der Waals surface area (Å²) in [5.74, 6) is 4.46. The number of para-hydroxylation sites is 1. The van der Waals surface area contributed by atoms with Gasteiger partial charge in [-0.25, -0.2) is 0 Å². The van der Waals surface area contributed by atoms with Gasteiger partial charge in [-0.3, -0.25) is 4.79 Å². The van der Waals surface area contributed by atoms with Crippen LogP contribution in [0.1, 0.15) is 30.4 Å². The molecule has 4 nitrogen and oxygen atoms in total. The minimum absolute atomic E-state index is 0.0544. The molecule has 0 radical (unpaired) electrons. The molecule has 2 rings (SSSR count). The largest absolute Gasteiger partial charge is 0.490 e. The maximum Gasteiger partial charge on any atom is 0.419 e. The van der Waals surface area contributed by atoms with Crippen molar-refractivity contribution in [1.82, 2.24) is 0 Å². The van der Waals surface area contributed by atoms with Crippen LogP contribution in [0.4, 0.5) is 13.2 Å². The van der Waals surface area contributed by atoms with E-state index in [-0.39, 0.29) is 25.4 Å². The molecule has 0 amide bonds. The topological polar surface area (TPSA) is 55.8 Å². The zero-order valence-corrected chi connectivity index (χ0v) is 15.1. The van der Waals surface area contributed by atoms with Gasteiger partial charge in [-0.15, -0.1) is 5.92 Å². The monoisotopic (exact) mass is 392 g/mol. The Bertz CT molecular complexity index is 848. The smallest absolute Gasteiger partial charge is 0.419 e. The normalized spacial score (nSPS) is 11.9. The van der Waals surface area contributed by atoms with Crippen LogP contribution in [-0.2, 0) is 11.0 Å². The summed E-state index contributed by atoms with van der Waals surface area (Å²) < 4.78 is 49.4. The number of hydrogen-bond acceptors (Lipinski definition) is 3. The van der Waals surface area contributed by atoms with Crippen LogP contribution < -0.4 is 9.47 Å². The van der Waals surface area contributed by atoms with Crippen molar-refractivity contribution in [1.29, 1.82) is 0 Å². The lowest BCUT2D eigenvalue weighted by Gasteiger charge is -2.14. The Hall–Kier alpha value is -3.14. The third kappa shape index (κ3) is 6.23. The van der Waals surface area contributed by atoms with Crippen molar-refractivity contribution in [2.75, 3.05) is 13.2 Å². The van der Waals surface area contributed by atoms with E-state index >= 15 is 0 Å². The number of ether oxygens (including phenoxy) is 2. The lowest BCUT2D eigenvalue weighted by Crippen LogP contribution is -2.13. The molecule has 0 heterocycles. The molecule has 0 spiro atoms. The highest BCUT2D eigenvalue weighted by Gasteiger charge is 2.33. The van der Waals surface area contributed by atoms with E-state index in [4.69, 9.17) is 14.6 Å². The maximum atomic E-state index is 12.9. The molecule has 7 heteroatoms. The number of alkyl halides is 3. The van der Waals surface area contributed by atoms with E-state index in [9.17, 15) is 18.0 Å². The van der Waals surface area contributed by atoms with Gasteiger partial charge < -0.3 is 14.6 Å². The fraction of sp³-hybridized carbons (Fsp3) is 0.286. The van der Waals surface area contributed by atoms with E-state index in [1.165, 1.54) is 18.2 Å². The molecule has 0 aliphatic carbocycles. The first-order valence-corrected chi connectivity index (χ1v) is 8.47. The van der Waals surface area contributed by atoms with E-state index < -0.39 is 23.6 Å². The molecule has 0 fully saturated rings. The van der Waals surface area contributed by atoms with Crippen molar-refractivity contribution < 1.29 is 32.5 Å². The Balaban J connectivity index is 1.91. The van der Waals surface area contributed by atoms with Gasteiger partial charge in [0.2, 0.25) is 0 Å². The van der Waals surface area contributed by atoms with Gasteiger partial charge >= 0.3 is 12.1 Å². The Morgan fingerprint density at radius 2 is 1.71 bits per heavy atom. The van der Waals surface area contributed by atoms with Crippen molar-refractivity contribution in [2.24, 2.45) is 0 Å². The number of carboxylic acid groups (broad SMARTS) is 1. The minimum atomic E-state index is -4.48. The second-order valence-corrected chi connectivity index (χ2v) is 5.80. The Labute approximate surface area is 160 Å². The predicted octanol–water partition coefficient (Wildman–Crippen LogP) is 4.74. The molecule has 0 aliphatic heterocycles. The van der Waals surface area contributed by atoms with Crippen LogP contribution in [0.25, 0.3) is 0 Å². The zero-order valence-electron chi connectivity index (χ0n) is 15.1. The highest BCUT2D eigenvalue weighted by Crippen LogP contribution is 2.35. The summed E-state index contributed by atoms with van der Waals surface area (Å²) in [7, 11) is 0. The van der Waals surface area contributed by atoms with E-state index in [0.717, 1.165) is 11.6 Å². The number of rotatable bonds is 8. The number of hydrogen-bond donors (Lipinski definition) is 1. The van der Waals surface area contributed by atoms with Crippen LogP contribution >= 0.6 is 0 Å². The third-order valence-electron chi connectivity index (χ3n) is 3.78. The van der Waals surface area contributed by atoms with Crippen LogP contribution in [-0.4, -0.2) is 24.3 Å². The average Bonchev–Trinajstić information content (AvgIpc) is 2.65. The summed E-state index contributed by atoms with van der Waals surface area (Å²) in [6.07, 6.45) is -4.59. The highest BCUT2D eigenvalue weighted by atomic mass is 19.4. The molecule has 28 heavy (non-hydrogen) atoms. The first-order chi connectivity index (χ1) is 13.3. The van der Waals surface area contributed by atoms with Crippen LogP contribution in [0, 0.1) is 11.8 Å². The van der Waals surface area contributed by atoms with Crippen LogP contribution in [0.3, 0.4) is 0 Å². The quantitative estimate of drug-likeness (QED) is 0.521. The summed E-state index contributed by atoms with van der Waals surface area (Å²) >= 11 is 0. The highest BCUT2D eigenvalue weighted by molar-refractivity contribution is 5.69. The molecular formula is C21H19F3O4. The lowest BCUT2D eigenvalue weighted by molar-refractivity contribution is -0.139. The molecule has 0 aromatic heterocycles. The summed E-state index contributed by atoms with van der Waals surface area (Å²) in [5.41, 5.74) is -0.0830. The fourth-order valence-electron chi connectivity index (χ4n) is 2.54. The Morgan fingerprint density at radius 3 is 2.32 bits per heavy atom. The van der Waals surface area contributed by atoms with Crippen molar-refractivity contribution in [2.45, 2.75) is 25.4 Å². The van der Waals surface area contributed by atoms with Crippen molar-refractivity contribution >= 4 is 5.97 Å². The molecule has 0 saturated carbocycles. The number of halogens is 3. The summed E-state index contributed by atoms with van der Waals surface area (Å²) in [5, 5.41) is 8.96. The minimum Gasteiger partial charge on any atom is -0.490 e. The van der Waals surface area contributed by atoms with Crippen molar-refractivity contribution in [3.05, 3.63) is 59.7 Å². The molecule has 2 aromatic rings. The van der Waals surface area contributed by atoms with Crippen molar-refractivity contribution in [3.63, 3.8) is 0 Å². The molecular weight excluding hydrogens is 373 g/mol. The van der Waals surface area contributed by atoms with Gasteiger partial charge in [-0.2, -0.15) is 13.2 Å². The van der Waals surface area contributed by atoms with Gasteiger partial charge in [0.25, 0.3) is 0 Å². The third-order valence-corrected chi connectivity index (χ3v) is 3.78. The lowest BCUT2D eigenvalue weighted by atomic mass is 9.96. The number of aliphatic carboxylic acids is 1. The summed E-state index contributed by atoms with van der Waals surface area (Å²) in [6.45, 7) is 1.64. The Morgan fingerprint density at radius 1 is 1.07 bits per heavy atom. The van der Waals surface area contributed by atoms with Gasteiger partial charge in [0.15, 0.2) is 0 Å². The van der Waals surface area contributed by atoms with Gasteiger partial charge in [0, 0.05) is 0 Å². The van der Waals surface area contributed by atoms with E-state index in [2.05, 4.69) is 11.8 Å². The molecule has 1 unspecified atom stereocenters. The molecule has 2 aromatic carbocycles.